The van der Waals surface area contributed by atoms with Gasteiger partial charge in [0.1, 0.15) is 6.42 Å². The Morgan fingerprint density at radius 2 is 1.03 bits per heavy atom. The van der Waals surface area contributed by atoms with E-state index in [1.165, 1.54) is 0 Å². The lowest BCUT2D eigenvalue weighted by atomic mass is 9.95. The summed E-state index contributed by atoms with van der Waals surface area (Å²) >= 11 is 0.0387. The van der Waals surface area contributed by atoms with Crippen molar-refractivity contribution in [2.45, 2.75) is 36.4 Å². The van der Waals surface area contributed by atoms with Gasteiger partial charge in [0.2, 0.25) is 11.8 Å². The molecule has 0 bridgehead atoms. The minimum atomic E-state index is -5.59. The van der Waals surface area contributed by atoms with Crippen molar-refractivity contribution in [2.75, 3.05) is 0 Å². The molecule has 37 heavy (non-hydrogen) atoms. The highest BCUT2D eigenvalue weighted by atomic mass is 32.2. The van der Waals surface area contributed by atoms with E-state index in [2.05, 4.69) is 0 Å². The largest absolute Gasteiger partial charge is 0.417 e. The molecule has 2 aromatic rings. The molecule has 2 rings (SSSR count). The predicted molar refractivity (Wildman–Crippen MR) is 104 cm³/mol. The number of nitrogens with two attached hydrogens (primary N) is 1. The van der Waals surface area contributed by atoms with Crippen molar-refractivity contribution < 1.29 is 62.3 Å². The molecule has 2 amide bonds. The second-order valence-electron chi connectivity index (χ2n) is 7.27. The summed E-state index contributed by atoms with van der Waals surface area (Å²) in [6, 6.07) is 0.802. The van der Waals surface area contributed by atoms with Crippen LogP contribution in [0.2, 0.25) is 0 Å². The summed E-state index contributed by atoms with van der Waals surface area (Å²) in [7, 11) is 0. The number of halogens is 12. The van der Waals surface area contributed by atoms with Crippen molar-refractivity contribution in [1.82, 2.24) is 4.72 Å². The first-order valence-electron chi connectivity index (χ1n) is 9.42. The molecule has 0 heterocycles. The summed E-state index contributed by atoms with van der Waals surface area (Å²) < 4.78 is 161. The van der Waals surface area contributed by atoms with E-state index >= 15 is 0 Å². The molecule has 4 nitrogen and oxygen atoms in total. The van der Waals surface area contributed by atoms with E-state index in [1.807, 2.05) is 4.72 Å². The number of primary amides is 1. The maximum absolute atomic E-state index is 13.4. The number of alkyl halides is 12. The van der Waals surface area contributed by atoms with Gasteiger partial charge in [0.05, 0.1) is 27.5 Å². The van der Waals surface area contributed by atoms with Crippen LogP contribution in [0, 0.1) is 0 Å². The Labute approximate surface area is 203 Å². The van der Waals surface area contributed by atoms with Crippen LogP contribution in [0.4, 0.5) is 52.7 Å². The quantitative estimate of drug-likeness (QED) is 0.236. The van der Waals surface area contributed by atoms with Gasteiger partial charge in [-0.15, -0.1) is 0 Å². The van der Waals surface area contributed by atoms with Crippen LogP contribution >= 0.6 is 11.9 Å². The molecular weight excluding hydrogens is 560 g/mol. The van der Waals surface area contributed by atoms with Crippen LogP contribution in [0.15, 0.2) is 36.4 Å². The van der Waals surface area contributed by atoms with Crippen molar-refractivity contribution in [3.63, 3.8) is 0 Å². The Hall–Kier alpha value is -3.11. The van der Waals surface area contributed by atoms with Crippen molar-refractivity contribution in [3.8, 4) is 0 Å². The van der Waals surface area contributed by atoms with Crippen LogP contribution in [0.1, 0.15) is 45.1 Å². The number of carbonyl (C=O) groups excluding carboxylic acids is 2. The van der Waals surface area contributed by atoms with Crippen LogP contribution < -0.4 is 10.5 Å². The lowest BCUT2D eigenvalue weighted by Gasteiger charge is -2.23. The molecule has 0 aliphatic heterocycles. The van der Waals surface area contributed by atoms with E-state index in [0.717, 1.165) is 0 Å². The average Bonchev–Trinajstić information content (AvgIpc) is 2.70. The number of hydrogen-bond acceptors (Lipinski definition) is 3. The Balaban J connectivity index is 2.75. The molecule has 3 N–H and O–H groups in total. The minimum Gasteiger partial charge on any atom is -0.369 e. The van der Waals surface area contributed by atoms with Gasteiger partial charge in [0, 0.05) is 0 Å². The number of nitrogens with one attached hydrogen (secondary N) is 1. The monoisotopic (exact) mass is 572 g/mol. The first kappa shape index (κ1) is 30.1. The molecule has 0 unspecified atom stereocenters. The Kier molecular flexibility index (Phi) is 8.41. The highest BCUT2D eigenvalue weighted by Crippen LogP contribution is 2.46. The van der Waals surface area contributed by atoms with Crippen molar-refractivity contribution in [3.05, 3.63) is 69.8 Å². The molecule has 204 valence electrons. The highest BCUT2D eigenvalue weighted by Gasteiger charge is 2.45. The lowest BCUT2D eigenvalue weighted by Crippen LogP contribution is -2.25. The third-order valence-electron chi connectivity index (χ3n) is 4.54. The fourth-order valence-corrected chi connectivity index (χ4v) is 3.95. The maximum Gasteiger partial charge on any atom is 0.417 e. The number of hydrogen-bond donors (Lipinski definition) is 2. The third kappa shape index (κ3) is 7.69. The van der Waals surface area contributed by atoms with Crippen LogP contribution in [0.25, 0.3) is 0 Å². The normalized spacial score (nSPS) is 13.1. The van der Waals surface area contributed by atoms with Gasteiger partial charge in [-0.05, 0) is 47.3 Å². The summed E-state index contributed by atoms with van der Waals surface area (Å²) in [5, 5.41) is -1.89. The number of amides is 2. The van der Waals surface area contributed by atoms with Gasteiger partial charge in [-0.2, -0.15) is 52.7 Å². The maximum atomic E-state index is 13.4. The molecule has 0 spiro atoms. The Morgan fingerprint density at radius 1 is 0.676 bits per heavy atom. The van der Waals surface area contributed by atoms with E-state index in [-0.39, 0.29) is 36.2 Å². The predicted octanol–water partition coefficient (Wildman–Crippen LogP) is 6.49. The van der Waals surface area contributed by atoms with E-state index in [1.54, 1.807) is 0 Å². The smallest absolute Gasteiger partial charge is 0.369 e. The minimum absolute atomic E-state index is 0.00823. The van der Waals surface area contributed by atoms with E-state index < -0.39 is 81.6 Å². The van der Waals surface area contributed by atoms with Gasteiger partial charge in [-0.25, -0.2) is 0 Å². The van der Waals surface area contributed by atoms with E-state index in [4.69, 9.17) is 5.73 Å². The van der Waals surface area contributed by atoms with E-state index in [0.29, 0.717) is 12.1 Å². The number of benzene rings is 2. The number of rotatable bonds is 6. The van der Waals surface area contributed by atoms with Crippen LogP contribution in [0.5, 0.6) is 0 Å². The molecule has 0 atom stereocenters. The third-order valence-corrected chi connectivity index (χ3v) is 5.67. The van der Waals surface area contributed by atoms with Crippen LogP contribution in [0.3, 0.4) is 0 Å². The van der Waals surface area contributed by atoms with Gasteiger partial charge in [0.15, 0.2) is 0 Å². The van der Waals surface area contributed by atoms with Crippen molar-refractivity contribution in [2.24, 2.45) is 5.73 Å². The molecule has 2 aromatic carbocycles. The molecule has 0 fully saturated rings. The molecular formula is C20H12F12N2O2S. The molecule has 0 saturated carbocycles. The average molecular weight is 572 g/mol. The first-order valence-corrected chi connectivity index (χ1v) is 10.3. The van der Waals surface area contributed by atoms with Gasteiger partial charge in [-0.3, -0.25) is 14.3 Å². The van der Waals surface area contributed by atoms with Crippen molar-refractivity contribution in [1.29, 1.82) is 0 Å². The van der Waals surface area contributed by atoms with Crippen LogP contribution in [-0.2, 0) is 34.3 Å². The second-order valence-corrected chi connectivity index (χ2v) is 8.18. The number of carbonyl (C=O) groups is 2. The highest BCUT2D eigenvalue weighted by molar-refractivity contribution is 7.98. The Morgan fingerprint density at radius 3 is 1.32 bits per heavy atom. The zero-order chi connectivity index (χ0) is 28.6. The molecule has 17 heteroatoms. The molecule has 0 aromatic heterocycles. The SMILES string of the molecule is NC(=O)CC(=O)NSC(c1ccc(C(F)(F)F)c(C(F)(F)F)c1)c1ccc(C(F)(F)F)c(C(F)(F)F)c1. The topological polar surface area (TPSA) is 72.2 Å². The van der Waals surface area contributed by atoms with Gasteiger partial charge < -0.3 is 5.73 Å². The Bertz CT molecular complexity index is 1090. The fraction of sp³-hybridized carbons (Fsp3) is 0.300. The molecule has 0 aliphatic rings. The van der Waals surface area contributed by atoms with Gasteiger partial charge in [0.25, 0.3) is 0 Å². The summed E-state index contributed by atoms with van der Waals surface area (Å²) in [4.78, 5) is 22.6. The standard InChI is InChI=1S/C20H12F12N2O2S/c21-17(22,23)10-3-1-8(5-12(10)19(27,28)29)16(37-34-15(36)7-14(33)35)9-2-4-11(18(24,25)26)13(6-9)20(30,31)32/h1-6,16H,7H2,(H2,33,35)(H,34,36). The summed E-state index contributed by atoms with van der Waals surface area (Å²) in [5.74, 6) is -2.37. The summed E-state index contributed by atoms with van der Waals surface area (Å²) in [5.41, 5.74) is -5.42. The van der Waals surface area contributed by atoms with E-state index in [9.17, 15) is 62.3 Å². The zero-order valence-electron chi connectivity index (χ0n) is 17.6. The summed E-state index contributed by atoms with van der Waals surface area (Å²) in [6.45, 7) is 0. The van der Waals surface area contributed by atoms with Gasteiger partial charge in [-0.1, -0.05) is 12.1 Å². The lowest BCUT2D eigenvalue weighted by molar-refractivity contribution is -0.162. The zero-order valence-corrected chi connectivity index (χ0v) is 18.4. The molecule has 0 aliphatic carbocycles. The second kappa shape index (κ2) is 10.3. The fourth-order valence-electron chi connectivity index (χ4n) is 3.06. The molecule has 0 radical (unpaired) electrons. The van der Waals surface area contributed by atoms with Crippen molar-refractivity contribution >= 4 is 23.8 Å². The van der Waals surface area contributed by atoms with Crippen LogP contribution in [-0.4, -0.2) is 11.8 Å². The first-order chi connectivity index (χ1) is 16.6. The molecule has 0 saturated heterocycles. The van der Waals surface area contributed by atoms with Gasteiger partial charge >= 0.3 is 24.7 Å². The summed E-state index contributed by atoms with van der Waals surface area (Å²) in [6.07, 6.45) is -23.1.